The van der Waals surface area contributed by atoms with Crippen LogP contribution in [0.25, 0.3) is 16.8 Å². The molecule has 5 heteroatoms. The van der Waals surface area contributed by atoms with Gasteiger partial charge in [0.2, 0.25) is 0 Å². The number of carbonyl (C=O) groups is 1. The van der Waals surface area contributed by atoms with Crippen LogP contribution in [0.5, 0.6) is 5.75 Å². The van der Waals surface area contributed by atoms with E-state index in [1.54, 1.807) is 4.52 Å². The number of hydrogen-bond acceptors (Lipinski definition) is 4. The van der Waals surface area contributed by atoms with E-state index in [2.05, 4.69) is 5.10 Å². The smallest absolute Gasteiger partial charge is 0.342 e. The first-order valence-electron chi connectivity index (χ1n) is 7.09. The Labute approximate surface area is 127 Å². The number of benzene rings is 1. The lowest BCUT2D eigenvalue weighted by atomic mass is 10.1. The molecule has 0 radical (unpaired) electrons. The van der Waals surface area contributed by atoms with Crippen LogP contribution in [-0.2, 0) is 11.2 Å². The predicted molar refractivity (Wildman–Crippen MR) is 81.2 cm³/mol. The summed E-state index contributed by atoms with van der Waals surface area (Å²) < 4.78 is 12.3. The van der Waals surface area contributed by atoms with Crippen molar-refractivity contribution in [3.63, 3.8) is 0 Å². The molecule has 0 N–H and O–H groups in total. The maximum absolute atomic E-state index is 12.3. The van der Waals surface area contributed by atoms with Crippen LogP contribution in [-0.4, -0.2) is 29.3 Å². The molecular formula is C17H14N2O3. The first-order chi connectivity index (χ1) is 10.8. The zero-order valence-electron chi connectivity index (χ0n) is 12.1. The van der Waals surface area contributed by atoms with Gasteiger partial charge in [-0.25, -0.2) is 9.31 Å². The Morgan fingerprint density at radius 2 is 2.14 bits per heavy atom. The molecule has 0 saturated carbocycles. The molecule has 0 unspecified atom stereocenters. The molecule has 0 spiro atoms. The van der Waals surface area contributed by atoms with Crippen LogP contribution in [0.2, 0.25) is 0 Å². The lowest BCUT2D eigenvalue weighted by Crippen LogP contribution is -2.02. The molecule has 0 amide bonds. The number of esters is 1. The second-order valence-corrected chi connectivity index (χ2v) is 5.17. The van der Waals surface area contributed by atoms with Crippen molar-refractivity contribution >= 4 is 11.5 Å². The summed E-state index contributed by atoms with van der Waals surface area (Å²) in [5, 5.41) is 4.59. The van der Waals surface area contributed by atoms with Crippen molar-refractivity contribution in [2.75, 3.05) is 13.7 Å². The number of ether oxygens (including phenoxy) is 2. The highest BCUT2D eigenvalue weighted by molar-refractivity contribution is 6.03. The topological polar surface area (TPSA) is 52.8 Å². The molecule has 110 valence electrons. The Kier molecular flexibility index (Phi) is 2.85. The highest BCUT2D eigenvalue weighted by atomic mass is 16.5. The van der Waals surface area contributed by atoms with Gasteiger partial charge in [0, 0.05) is 29.8 Å². The van der Waals surface area contributed by atoms with Gasteiger partial charge in [0.25, 0.3) is 0 Å². The summed E-state index contributed by atoms with van der Waals surface area (Å²) >= 11 is 0. The number of fused-ring (bicyclic) bond motifs is 2. The lowest BCUT2D eigenvalue weighted by Gasteiger charge is -2.02. The molecule has 22 heavy (non-hydrogen) atoms. The van der Waals surface area contributed by atoms with Gasteiger partial charge in [0.15, 0.2) is 0 Å². The van der Waals surface area contributed by atoms with Crippen molar-refractivity contribution in [3.8, 4) is 17.0 Å². The highest BCUT2D eigenvalue weighted by Gasteiger charge is 2.24. The standard InChI is InChI=1S/C17H14N2O3/c1-21-17(20)15-13-9-14-12(7-8-22-14)10-19(13)18-16(15)11-5-3-2-4-6-11/h2-6,9-10H,7-8H2,1H3. The average Bonchev–Trinajstić information content (AvgIpc) is 3.16. The fourth-order valence-corrected chi connectivity index (χ4v) is 2.81. The van der Waals surface area contributed by atoms with Gasteiger partial charge in [0.05, 0.1) is 19.2 Å². The van der Waals surface area contributed by atoms with Crippen molar-refractivity contribution in [1.82, 2.24) is 9.61 Å². The monoisotopic (exact) mass is 294 g/mol. The molecular weight excluding hydrogens is 280 g/mol. The van der Waals surface area contributed by atoms with E-state index in [-0.39, 0.29) is 0 Å². The number of hydrogen-bond donors (Lipinski definition) is 0. The van der Waals surface area contributed by atoms with Crippen LogP contribution >= 0.6 is 0 Å². The Hall–Kier alpha value is -2.82. The summed E-state index contributed by atoms with van der Waals surface area (Å²) in [5.74, 6) is 0.420. The molecule has 1 aromatic carbocycles. The second-order valence-electron chi connectivity index (χ2n) is 5.17. The summed E-state index contributed by atoms with van der Waals surface area (Å²) in [6, 6.07) is 11.5. The van der Waals surface area contributed by atoms with Crippen molar-refractivity contribution in [2.45, 2.75) is 6.42 Å². The summed E-state index contributed by atoms with van der Waals surface area (Å²) in [7, 11) is 1.38. The van der Waals surface area contributed by atoms with Gasteiger partial charge in [0.1, 0.15) is 17.0 Å². The van der Waals surface area contributed by atoms with Crippen LogP contribution in [0.1, 0.15) is 15.9 Å². The van der Waals surface area contributed by atoms with Crippen LogP contribution in [0, 0.1) is 0 Å². The van der Waals surface area contributed by atoms with Gasteiger partial charge >= 0.3 is 5.97 Å². The number of aromatic nitrogens is 2. The SMILES string of the molecule is COC(=O)c1c(-c2ccccc2)nn2cc3c(cc12)OCC3. The fourth-order valence-electron chi connectivity index (χ4n) is 2.81. The molecule has 2 aromatic heterocycles. The number of rotatable bonds is 2. The Bertz CT molecular complexity index is 868. The molecule has 1 aliphatic heterocycles. The largest absolute Gasteiger partial charge is 0.493 e. The van der Waals surface area contributed by atoms with Crippen molar-refractivity contribution in [3.05, 3.63) is 53.7 Å². The molecule has 5 nitrogen and oxygen atoms in total. The van der Waals surface area contributed by atoms with E-state index in [0.717, 1.165) is 23.3 Å². The first-order valence-corrected chi connectivity index (χ1v) is 7.09. The summed E-state index contributed by atoms with van der Waals surface area (Å²) in [6.45, 7) is 0.668. The van der Waals surface area contributed by atoms with Gasteiger partial charge in [-0.1, -0.05) is 30.3 Å². The van der Waals surface area contributed by atoms with Gasteiger partial charge in [-0.15, -0.1) is 0 Å². The van der Waals surface area contributed by atoms with E-state index in [4.69, 9.17) is 9.47 Å². The van der Waals surface area contributed by atoms with Crippen LogP contribution in [0.4, 0.5) is 0 Å². The van der Waals surface area contributed by atoms with E-state index in [9.17, 15) is 4.79 Å². The van der Waals surface area contributed by atoms with Crippen molar-refractivity contribution in [1.29, 1.82) is 0 Å². The Morgan fingerprint density at radius 1 is 1.32 bits per heavy atom. The first kappa shape index (κ1) is 12.9. The maximum Gasteiger partial charge on any atom is 0.342 e. The van der Waals surface area contributed by atoms with Crippen molar-refractivity contribution < 1.29 is 14.3 Å². The third-order valence-electron chi connectivity index (χ3n) is 3.88. The fraction of sp³-hybridized carbons (Fsp3) is 0.176. The lowest BCUT2D eigenvalue weighted by molar-refractivity contribution is 0.0604. The predicted octanol–water partition coefficient (Wildman–Crippen LogP) is 2.72. The summed E-state index contributed by atoms with van der Waals surface area (Å²) in [4.78, 5) is 12.3. The van der Waals surface area contributed by atoms with Gasteiger partial charge in [-0.2, -0.15) is 5.10 Å². The minimum absolute atomic E-state index is 0.396. The van der Waals surface area contributed by atoms with Crippen molar-refractivity contribution in [2.24, 2.45) is 0 Å². The second kappa shape index (κ2) is 4.87. The number of carbonyl (C=O) groups excluding carboxylic acids is 1. The molecule has 0 saturated heterocycles. The van der Waals surface area contributed by atoms with E-state index in [0.29, 0.717) is 23.4 Å². The molecule has 0 atom stereocenters. The average molecular weight is 294 g/mol. The molecule has 3 heterocycles. The number of pyridine rings is 1. The van der Waals surface area contributed by atoms with Gasteiger partial charge in [-0.05, 0) is 0 Å². The molecule has 0 aliphatic carbocycles. The third-order valence-corrected chi connectivity index (χ3v) is 3.88. The van der Waals surface area contributed by atoms with Crippen LogP contribution in [0.15, 0.2) is 42.6 Å². The zero-order chi connectivity index (χ0) is 15.1. The number of methoxy groups -OCH3 is 1. The Morgan fingerprint density at radius 3 is 2.91 bits per heavy atom. The van der Waals surface area contributed by atoms with Crippen LogP contribution < -0.4 is 4.74 Å². The van der Waals surface area contributed by atoms with Gasteiger partial charge < -0.3 is 9.47 Å². The van der Waals surface area contributed by atoms with E-state index in [1.807, 2.05) is 42.6 Å². The van der Waals surface area contributed by atoms with E-state index < -0.39 is 5.97 Å². The normalized spacial score (nSPS) is 13.0. The summed E-state index contributed by atoms with van der Waals surface area (Å²) in [6.07, 6.45) is 2.79. The van der Waals surface area contributed by atoms with Gasteiger partial charge in [-0.3, -0.25) is 0 Å². The number of nitrogens with zero attached hydrogens (tertiary/aromatic N) is 2. The maximum atomic E-state index is 12.3. The van der Waals surface area contributed by atoms with E-state index in [1.165, 1.54) is 7.11 Å². The minimum atomic E-state index is -0.396. The highest BCUT2D eigenvalue weighted by Crippen LogP contribution is 2.32. The molecule has 4 rings (SSSR count). The minimum Gasteiger partial charge on any atom is -0.493 e. The third kappa shape index (κ3) is 1.86. The van der Waals surface area contributed by atoms with Crippen LogP contribution in [0.3, 0.4) is 0 Å². The zero-order valence-corrected chi connectivity index (χ0v) is 12.1. The summed E-state index contributed by atoms with van der Waals surface area (Å²) in [5.41, 5.74) is 3.77. The Balaban J connectivity index is 2.02. The van der Waals surface area contributed by atoms with E-state index >= 15 is 0 Å². The molecule has 0 fully saturated rings. The molecule has 3 aromatic rings. The quantitative estimate of drug-likeness (QED) is 0.682. The molecule has 0 bridgehead atoms. The molecule has 1 aliphatic rings.